The molecule has 25 heavy (non-hydrogen) atoms. The summed E-state index contributed by atoms with van der Waals surface area (Å²) in [6, 6.07) is 16.9. The van der Waals surface area contributed by atoms with Gasteiger partial charge in [0.25, 0.3) is 0 Å². The van der Waals surface area contributed by atoms with E-state index in [0.29, 0.717) is 19.0 Å². The van der Waals surface area contributed by atoms with Gasteiger partial charge in [0, 0.05) is 24.7 Å². The van der Waals surface area contributed by atoms with Gasteiger partial charge >= 0.3 is 5.97 Å². The van der Waals surface area contributed by atoms with Crippen molar-refractivity contribution in [2.24, 2.45) is 0 Å². The molecule has 1 aliphatic heterocycles. The number of carbonyl (C=O) groups is 1. The van der Waals surface area contributed by atoms with Gasteiger partial charge in [-0.3, -0.25) is 0 Å². The first kappa shape index (κ1) is 17.3. The van der Waals surface area contributed by atoms with Crippen molar-refractivity contribution in [1.82, 2.24) is 4.90 Å². The van der Waals surface area contributed by atoms with Crippen LogP contribution in [-0.4, -0.2) is 42.2 Å². The van der Waals surface area contributed by atoms with Crippen LogP contribution in [0.1, 0.15) is 11.1 Å². The number of hydrogen-bond donors (Lipinski definition) is 0. The minimum atomic E-state index is -0.410. The van der Waals surface area contributed by atoms with Crippen molar-refractivity contribution in [3.05, 3.63) is 71.8 Å². The second-order valence-corrected chi connectivity index (χ2v) is 5.98. The highest BCUT2D eigenvalue weighted by molar-refractivity contribution is 7.80. The molecule has 0 N–H and O–H groups in total. The van der Waals surface area contributed by atoms with Crippen LogP contribution in [0.5, 0.6) is 5.75 Å². The molecule has 0 spiro atoms. The molecule has 0 aromatic heterocycles. The Kier molecular flexibility index (Phi) is 5.93. The summed E-state index contributed by atoms with van der Waals surface area (Å²) in [6.45, 7) is 3.01. The monoisotopic (exact) mass is 353 g/mol. The first-order chi connectivity index (χ1) is 12.2. The van der Waals surface area contributed by atoms with Crippen molar-refractivity contribution < 1.29 is 14.3 Å². The Morgan fingerprint density at radius 2 is 1.72 bits per heavy atom. The zero-order valence-corrected chi connectivity index (χ0v) is 14.6. The van der Waals surface area contributed by atoms with Gasteiger partial charge < -0.3 is 14.4 Å². The predicted molar refractivity (Wildman–Crippen MR) is 102 cm³/mol. The number of ether oxygens (including phenoxy) is 2. The average molecular weight is 353 g/mol. The van der Waals surface area contributed by atoms with Crippen LogP contribution in [0.25, 0.3) is 6.08 Å². The number of esters is 1. The number of thiocarbonyl (C=S) groups is 1. The van der Waals surface area contributed by atoms with Crippen molar-refractivity contribution in [2.45, 2.75) is 0 Å². The number of morpholine rings is 1. The summed E-state index contributed by atoms with van der Waals surface area (Å²) in [5.41, 5.74) is 1.89. The fourth-order valence-electron chi connectivity index (χ4n) is 2.49. The van der Waals surface area contributed by atoms with Gasteiger partial charge in [-0.2, -0.15) is 0 Å². The summed E-state index contributed by atoms with van der Waals surface area (Å²) in [7, 11) is 0. The van der Waals surface area contributed by atoms with Gasteiger partial charge in [-0.15, -0.1) is 0 Å². The summed E-state index contributed by atoms with van der Waals surface area (Å²) in [4.78, 5) is 14.8. The van der Waals surface area contributed by atoms with Gasteiger partial charge in [-0.05, 0) is 35.9 Å². The zero-order valence-electron chi connectivity index (χ0n) is 13.8. The molecule has 1 saturated heterocycles. The highest BCUT2D eigenvalue weighted by Crippen LogP contribution is 2.16. The van der Waals surface area contributed by atoms with E-state index in [1.807, 2.05) is 42.5 Å². The molecule has 2 aromatic rings. The van der Waals surface area contributed by atoms with Gasteiger partial charge in [0.1, 0.15) is 10.7 Å². The Morgan fingerprint density at radius 3 is 2.40 bits per heavy atom. The molecule has 0 bridgehead atoms. The lowest BCUT2D eigenvalue weighted by Crippen LogP contribution is -2.40. The summed E-state index contributed by atoms with van der Waals surface area (Å²) < 4.78 is 10.7. The minimum absolute atomic E-state index is 0.410. The largest absolute Gasteiger partial charge is 0.423 e. The Morgan fingerprint density at radius 1 is 1.04 bits per heavy atom. The van der Waals surface area contributed by atoms with E-state index < -0.39 is 5.97 Å². The van der Waals surface area contributed by atoms with Crippen LogP contribution in [0.15, 0.2) is 60.7 Å². The Labute approximate surface area is 152 Å². The van der Waals surface area contributed by atoms with Crippen molar-refractivity contribution in [3.8, 4) is 5.75 Å². The molecule has 5 heteroatoms. The van der Waals surface area contributed by atoms with E-state index >= 15 is 0 Å². The minimum Gasteiger partial charge on any atom is -0.423 e. The van der Waals surface area contributed by atoms with E-state index in [1.54, 1.807) is 18.2 Å². The predicted octanol–water partition coefficient (Wildman–Crippen LogP) is 3.31. The molecule has 3 rings (SSSR count). The molecule has 0 radical (unpaired) electrons. The highest BCUT2D eigenvalue weighted by atomic mass is 32.1. The molecule has 0 unspecified atom stereocenters. The van der Waals surface area contributed by atoms with Gasteiger partial charge in [-0.25, -0.2) is 4.79 Å². The van der Waals surface area contributed by atoms with Gasteiger partial charge in [0.15, 0.2) is 0 Å². The van der Waals surface area contributed by atoms with Crippen LogP contribution in [0.3, 0.4) is 0 Å². The van der Waals surface area contributed by atoms with E-state index in [4.69, 9.17) is 21.7 Å². The number of nitrogens with zero attached hydrogens (tertiary/aromatic N) is 1. The maximum atomic E-state index is 11.9. The SMILES string of the molecule is O=C(C=Cc1ccccc1)Oc1ccc(C(=S)N2CCOCC2)cc1. The highest BCUT2D eigenvalue weighted by Gasteiger charge is 2.15. The van der Waals surface area contributed by atoms with E-state index in [9.17, 15) is 4.79 Å². The van der Waals surface area contributed by atoms with Crippen LogP contribution in [0.4, 0.5) is 0 Å². The Bertz CT molecular complexity index is 750. The van der Waals surface area contributed by atoms with E-state index in [-0.39, 0.29) is 0 Å². The van der Waals surface area contributed by atoms with Gasteiger partial charge in [-0.1, -0.05) is 42.5 Å². The number of carbonyl (C=O) groups excluding carboxylic acids is 1. The van der Waals surface area contributed by atoms with Crippen molar-refractivity contribution in [3.63, 3.8) is 0 Å². The number of benzene rings is 2. The van der Waals surface area contributed by atoms with Crippen molar-refractivity contribution in [1.29, 1.82) is 0 Å². The molecule has 0 atom stereocenters. The van der Waals surface area contributed by atoms with Crippen LogP contribution in [0.2, 0.25) is 0 Å². The molecule has 128 valence electrons. The third kappa shape index (κ3) is 4.98. The second-order valence-electron chi connectivity index (χ2n) is 5.59. The van der Waals surface area contributed by atoms with Gasteiger partial charge in [0.05, 0.1) is 13.2 Å². The second kappa shape index (κ2) is 8.55. The molecule has 4 nitrogen and oxygen atoms in total. The number of rotatable bonds is 4. The summed E-state index contributed by atoms with van der Waals surface area (Å²) >= 11 is 5.52. The Hall–Kier alpha value is -2.50. The first-order valence-corrected chi connectivity index (χ1v) is 8.55. The topological polar surface area (TPSA) is 38.8 Å². The molecule has 0 saturated carbocycles. The molecule has 0 amide bonds. The molecular weight excluding hydrogens is 334 g/mol. The molecule has 2 aromatic carbocycles. The van der Waals surface area contributed by atoms with Crippen LogP contribution in [-0.2, 0) is 9.53 Å². The normalized spacial score (nSPS) is 14.5. The van der Waals surface area contributed by atoms with Crippen molar-refractivity contribution >= 4 is 29.3 Å². The first-order valence-electron chi connectivity index (χ1n) is 8.14. The quantitative estimate of drug-likeness (QED) is 0.365. The lowest BCUT2D eigenvalue weighted by atomic mass is 10.2. The fraction of sp³-hybridized carbons (Fsp3) is 0.200. The van der Waals surface area contributed by atoms with E-state index in [1.165, 1.54) is 6.08 Å². The third-order valence-corrected chi connectivity index (χ3v) is 4.32. The molecule has 1 fully saturated rings. The summed E-state index contributed by atoms with van der Waals surface area (Å²) in [5, 5.41) is 0. The molecule has 0 aliphatic carbocycles. The maximum absolute atomic E-state index is 11.9. The molecule has 1 aliphatic rings. The fourth-order valence-corrected chi connectivity index (χ4v) is 2.81. The Balaban J connectivity index is 1.57. The van der Waals surface area contributed by atoms with Crippen LogP contribution in [0, 0.1) is 0 Å². The third-order valence-electron chi connectivity index (χ3n) is 3.83. The lowest BCUT2D eigenvalue weighted by molar-refractivity contribution is -0.128. The van der Waals surface area contributed by atoms with Crippen molar-refractivity contribution in [2.75, 3.05) is 26.3 Å². The molecular formula is C20H19NO3S. The van der Waals surface area contributed by atoms with Crippen LogP contribution >= 0.6 is 12.2 Å². The van der Waals surface area contributed by atoms with Gasteiger partial charge in [0.2, 0.25) is 0 Å². The summed E-state index contributed by atoms with van der Waals surface area (Å²) in [5.74, 6) is 0.0867. The summed E-state index contributed by atoms with van der Waals surface area (Å²) in [6.07, 6.45) is 3.14. The number of hydrogen-bond acceptors (Lipinski definition) is 4. The smallest absolute Gasteiger partial charge is 0.336 e. The lowest BCUT2D eigenvalue weighted by Gasteiger charge is -2.29. The van der Waals surface area contributed by atoms with E-state index in [0.717, 1.165) is 29.2 Å². The molecule has 1 heterocycles. The van der Waals surface area contributed by atoms with Crippen LogP contribution < -0.4 is 4.74 Å². The standard InChI is InChI=1S/C20H19NO3S/c22-19(11-6-16-4-2-1-3-5-16)24-18-9-7-17(8-10-18)20(25)21-12-14-23-15-13-21/h1-11H,12-15H2. The maximum Gasteiger partial charge on any atom is 0.336 e. The zero-order chi connectivity index (χ0) is 17.5. The van der Waals surface area contributed by atoms with E-state index in [2.05, 4.69) is 4.90 Å². The average Bonchev–Trinajstić information content (AvgIpc) is 2.68.